The first-order chi connectivity index (χ1) is 9.74. The van der Waals surface area contributed by atoms with Crippen LogP contribution in [0.5, 0.6) is 0 Å². The molecule has 3 rings (SSSR count). The average molecular weight is 269 g/mol. The van der Waals surface area contributed by atoms with Crippen LogP contribution in [-0.2, 0) is 17.9 Å². The summed E-state index contributed by atoms with van der Waals surface area (Å²) in [6.45, 7) is 2.67. The molecule has 0 saturated heterocycles. The van der Waals surface area contributed by atoms with Crippen molar-refractivity contribution in [1.82, 2.24) is 25.1 Å². The Morgan fingerprint density at radius 2 is 2.25 bits per heavy atom. The van der Waals surface area contributed by atoms with E-state index >= 15 is 0 Å². The van der Waals surface area contributed by atoms with Gasteiger partial charge < -0.3 is 9.88 Å². The second-order valence-corrected chi connectivity index (χ2v) is 4.66. The summed E-state index contributed by atoms with van der Waals surface area (Å²) in [5.41, 5.74) is 3.82. The number of aryl methyl sites for hydroxylation is 1. The Labute approximate surface area is 115 Å². The van der Waals surface area contributed by atoms with Gasteiger partial charge in [0.1, 0.15) is 6.54 Å². The van der Waals surface area contributed by atoms with E-state index in [0.29, 0.717) is 6.54 Å². The number of para-hydroxylation sites is 2. The standard InChI is InChI=1S/C14H15N5O/c1-10-11(7-17-18-10)6-15-14(20)8-19-9-16-12-4-2-3-5-13(12)19/h2-5,7,9H,6,8H2,1H3,(H,15,20)(H,17,18). The van der Waals surface area contributed by atoms with Crippen molar-refractivity contribution < 1.29 is 4.79 Å². The maximum atomic E-state index is 12.0. The summed E-state index contributed by atoms with van der Waals surface area (Å²) in [4.78, 5) is 16.2. The largest absolute Gasteiger partial charge is 0.350 e. The van der Waals surface area contributed by atoms with Crippen molar-refractivity contribution in [3.8, 4) is 0 Å². The van der Waals surface area contributed by atoms with Gasteiger partial charge in [-0.15, -0.1) is 0 Å². The van der Waals surface area contributed by atoms with Crippen LogP contribution in [0.15, 0.2) is 36.8 Å². The Kier molecular flexibility index (Phi) is 3.20. The molecule has 2 N–H and O–H groups in total. The van der Waals surface area contributed by atoms with Crippen molar-refractivity contribution in [2.45, 2.75) is 20.0 Å². The lowest BCUT2D eigenvalue weighted by Crippen LogP contribution is -2.26. The fourth-order valence-corrected chi connectivity index (χ4v) is 2.09. The Morgan fingerprint density at radius 3 is 3.05 bits per heavy atom. The molecule has 102 valence electrons. The lowest BCUT2D eigenvalue weighted by molar-refractivity contribution is -0.121. The number of nitrogens with zero attached hydrogens (tertiary/aromatic N) is 3. The second-order valence-electron chi connectivity index (χ2n) is 4.66. The number of amides is 1. The normalized spacial score (nSPS) is 10.8. The van der Waals surface area contributed by atoms with E-state index in [1.807, 2.05) is 35.8 Å². The molecule has 6 heteroatoms. The van der Waals surface area contributed by atoms with Gasteiger partial charge in [0.05, 0.1) is 23.6 Å². The molecule has 0 saturated carbocycles. The zero-order valence-electron chi connectivity index (χ0n) is 11.1. The molecule has 1 aromatic carbocycles. The maximum Gasteiger partial charge on any atom is 0.240 e. The molecule has 3 aromatic rings. The zero-order valence-corrected chi connectivity index (χ0v) is 11.1. The van der Waals surface area contributed by atoms with Gasteiger partial charge in [0.2, 0.25) is 5.91 Å². The van der Waals surface area contributed by atoms with Gasteiger partial charge in [-0.1, -0.05) is 12.1 Å². The number of nitrogens with one attached hydrogen (secondary N) is 2. The summed E-state index contributed by atoms with van der Waals surface area (Å²) in [5.74, 6) is -0.0475. The first kappa shape index (κ1) is 12.4. The number of fused-ring (bicyclic) bond motifs is 1. The first-order valence-electron chi connectivity index (χ1n) is 6.39. The number of aromatic nitrogens is 4. The van der Waals surface area contributed by atoms with Gasteiger partial charge in [0.25, 0.3) is 0 Å². The van der Waals surface area contributed by atoms with E-state index in [1.54, 1.807) is 12.5 Å². The lowest BCUT2D eigenvalue weighted by Gasteiger charge is -2.06. The maximum absolute atomic E-state index is 12.0. The van der Waals surface area contributed by atoms with Crippen LogP contribution in [0.25, 0.3) is 11.0 Å². The predicted octanol–water partition coefficient (Wildman–Crippen LogP) is 1.38. The van der Waals surface area contributed by atoms with E-state index in [1.165, 1.54) is 0 Å². The minimum Gasteiger partial charge on any atom is -0.350 e. The highest BCUT2D eigenvalue weighted by Crippen LogP contribution is 2.11. The number of H-pyrrole nitrogens is 1. The molecule has 0 fully saturated rings. The Balaban J connectivity index is 1.66. The van der Waals surface area contributed by atoms with Crippen molar-refractivity contribution in [1.29, 1.82) is 0 Å². The molecule has 2 heterocycles. The first-order valence-corrected chi connectivity index (χ1v) is 6.39. The molecular weight excluding hydrogens is 254 g/mol. The molecule has 0 aliphatic rings. The van der Waals surface area contributed by atoms with Crippen LogP contribution in [-0.4, -0.2) is 25.7 Å². The summed E-state index contributed by atoms with van der Waals surface area (Å²) in [6.07, 6.45) is 3.41. The smallest absolute Gasteiger partial charge is 0.240 e. The summed E-state index contributed by atoms with van der Waals surface area (Å²) in [5, 5.41) is 9.65. The highest BCUT2D eigenvalue weighted by Gasteiger charge is 2.07. The minimum absolute atomic E-state index is 0.0475. The summed E-state index contributed by atoms with van der Waals surface area (Å²) >= 11 is 0. The van der Waals surface area contributed by atoms with Crippen LogP contribution in [0, 0.1) is 6.92 Å². The SMILES string of the molecule is Cc1[nH]ncc1CNC(=O)Cn1cnc2ccccc21. The fraction of sp³-hybridized carbons (Fsp3) is 0.214. The van der Waals surface area contributed by atoms with Gasteiger partial charge in [-0.2, -0.15) is 5.10 Å². The van der Waals surface area contributed by atoms with E-state index in [2.05, 4.69) is 20.5 Å². The molecule has 0 bridgehead atoms. The minimum atomic E-state index is -0.0475. The van der Waals surface area contributed by atoms with Gasteiger partial charge in [-0.25, -0.2) is 4.98 Å². The van der Waals surface area contributed by atoms with E-state index in [-0.39, 0.29) is 12.5 Å². The van der Waals surface area contributed by atoms with E-state index in [0.717, 1.165) is 22.3 Å². The number of rotatable bonds is 4. The fourth-order valence-electron chi connectivity index (χ4n) is 2.09. The zero-order chi connectivity index (χ0) is 13.9. The quantitative estimate of drug-likeness (QED) is 0.751. The summed E-state index contributed by atoms with van der Waals surface area (Å²) in [6, 6.07) is 7.75. The molecule has 0 unspecified atom stereocenters. The van der Waals surface area contributed by atoms with Crippen LogP contribution in [0.1, 0.15) is 11.3 Å². The number of carbonyl (C=O) groups is 1. The topological polar surface area (TPSA) is 75.6 Å². The predicted molar refractivity (Wildman–Crippen MR) is 74.9 cm³/mol. The molecule has 0 aliphatic carbocycles. The molecular formula is C14H15N5O. The molecule has 2 aromatic heterocycles. The van der Waals surface area contributed by atoms with Crippen LogP contribution < -0.4 is 5.32 Å². The highest BCUT2D eigenvalue weighted by molar-refractivity contribution is 5.80. The monoisotopic (exact) mass is 269 g/mol. The lowest BCUT2D eigenvalue weighted by atomic mass is 10.2. The van der Waals surface area contributed by atoms with Gasteiger partial charge in [0.15, 0.2) is 0 Å². The number of benzene rings is 1. The van der Waals surface area contributed by atoms with Gasteiger partial charge in [-0.3, -0.25) is 9.89 Å². The highest BCUT2D eigenvalue weighted by atomic mass is 16.1. The van der Waals surface area contributed by atoms with Crippen LogP contribution >= 0.6 is 0 Å². The molecule has 20 heavy (non-hydrogen) atoms. The van der Waals surface area contributed by atoms with E-state index in [9.17, 15) is 4.79 Å². The Bertz CT molecular complexity index is 743. The third kappa shape index (κ3) is 2.40. The van der Waals surface area contributed by atoms with Crippen LogP contribution in [0.3, 0.4) is 0 Å². The molecule has 6 nitrogen and oxygen atoms in total. The van der Waals surface area contributed by atoms with Crippen molar-refractivity contribution in [3.63, 3.8) is 0 Å². The number of hydrogen-bond acceptors (Lipinski definition) is 3. The van der Waals surface area contributed by atoms with Crippen LogP contribution in [0.4, 0.5) is 0 Å². The Morgan fingerprint density at radius 1 is 1.40 bits per heavy atom. The third-order valence-corrected chi connectivity index (χ3v) is 3.25. The van der Waals surface area contributed by atoms with Crippen molar-refractivity contribution in [3.05, 3.63) is 48.0 Å². The van der Waals surface area contributed by atoms with Gasteiger partial charge in [0, 0.05) is 17.8 Å². The molecule has 0 radical (unpaired) electrons. The molecule has 1 amide bonds. The number of aromatic amines is 1. The van der Waals surface area contributed by atoms with Crippen molar-refractivity contribution in [2.24, 2.45) is 0 Å². The van der Waals surface area contributed by atoms with Crippen LogP contribution in [0.2, 0.25) is 0 Å². The summed E-state index contributed by atoms with van der Waals surface area (Å²) in [7, 11) is 0. The molecule has 0 spiro atoms. The van der Waals surface area contributed by atoms with Gasteiger partial charge in [-0.05, 0) is 19.1 Å². The molecule has 0 aliphatic heterocycles. The summed E-state index contributed by atoms with van der Waals surface area (Å²) < 4.78 is 1.84. The van der Waals surface area contributed by atoms with Gasteiger partial charge >= 0.3 is 0 Å². The second kappa shape index (κ2) is 5.16. The molecule has 0 atom stereocenters. The van der Waals surface area contributed by atoms with Crippen molar-refractivity contribution >= 4 is 16.9 Å². The average Bonchev–Trinajstić information content (AvgIpc) is 3.04. The number of imidazole rings is 1. The number of carbonyl (C=O) groups excluding carboxylic acids is 1. The van der Waals surface area contributed by atoms with Crippen molar-refractivity contribution in [2.75, 3.05) is 0 Å². The third-order valence-electron chi connectivity index (χ3n) is 3.25. The Hall–Kier alpha value is -2.63. The van der Waals surface area contributed by atoms with E-state index in [4.69, 9.17) is 0 Å². The number of hydrogen-bond donors (Lipinski definition) is 2. The van der Waals surface area contributed by atoms with E-state index < -0.39 is 0 Å².